The summed E-state index contributed by atoms with van der Waals surface area (Å²) in [4.78, 5) is 48.1. The smallest absolute Gasteiger partial charge is 0.744 e. The van der Waals surface area contributed by atoms with Gasteiger partial charge in [-0.25, -0.2) is 31.1 Å². The van der Waals surface area contributed by atoms with Crippen LogP contribution in [0.2, 0.25) is 0 Å². The number of hydrogen-bond donors (Lipinski definition) is 3. The zero-order valence-corrected chi connectivity index (χ0v) is 27.6. The number of rotatable bonds is 8. The second kappa shape index (κ2) is 13.6. The van der Waals surface area contributed by atoms with Gasteiger partial charge < -0.3 is 19.3 Å². The molecule has 0 aliphatic carbocycles. The van der Waals surface area contributed by atoms with Crippen LogP contribution in [0.25, 0.3) is 11.8 Å². The van der Waals surface area contributed by atoms with Crippen molar-refractivity contribution in [3.05, 3.63) is 87.9 Å². The molecule has 0 bridgehead atoms. The first-order valence-electron chi connectivity index (χ1n) is 10.9. The Kier molecular flexibility index (Phi) is 11.4. The number of aliphatic carboxylic acids is 1. The number of allylic oxidation sites excluding steroid dienone is 2. The predicted molar refractivity (Wildman–Crippen MR) is 135 cm³/mol. The SMILES string of the molecule is O=C(O)C1=NN(c2ccc(S(=O)(=O)[O-])cc2)C(=O)/C1=C/C=C/c1c(C(=O)O)[nH]n(-c2ccc(S(=O)(=O)[O-])cc2)c1=O.[Na+].[Na+]. The topological polar surface area (TPSA) is 259 Å². The first kappa shape index (κ1) is 36.0. The number of nitrogens with one attached hydrogen (secondary N) is 1. The van der Waals surface area contributed by atoms with Gasteiger partial charge in [0.1, 0.15) is 20.2 Å². The molecule has 0 fully saturated rings. The van der Waals surface area contributed by atoms with Crippen molar-refractivity contribution in [1.82, 2.24) is 9.78 Å². The summed E-state index contributed by atoms with van der Waals surface area (Å²) in [7, 11) is -9.55. The molecule has 1 aliphatic rings. The molecule has 0 radical (unpaired) electrons. The Balaban J connectivity index is 0.00000323. The van der Waals surface area contributed by atoms with Crippen molar-refractivity contribution >= 4 is 55.6 Å². The molecule has 0 saturated heterocycles. The van der Waals surface area contributed by atoms with Crippen LogP contribution < -0.4 is 69.7 Å². The fourth-order valence-corrected chi connectivity index (χ4v) is 4.54. The molecule has 0 saturated carbocycles. The Morgan fingerprint density at radius 3 is 1.74 bits per heavy atom. The molecule has 212 valence electrons. The van der Waals surface area contributed by atoms with Gasteiger partial charge in [-0.1, -0.05) is 6.08 Å². The number of amides is 1. The minimum absolute atomic E-state index is 0. The van der Waals surface area contributed by atoms with Crippen LogP contribution in [-0.2, 0) is 29.8 Å². The van der Waals surface area contributed by atoms with Gasteiger partial charge in [0.05, 0.1) is 32.3 Å². The Hall–Kier alpha value is -3.17. The first-order valence-corrected chi connectivity index (χ1v) is 13.7. The van der Waals surface area contributed by atoms with Crippen LogP contribution in [-0.4, -0.2) is 69.5 Å². The van der Waals surface area contributed by atoms with E-state index in [0.29, 0.717) is 5.01 Å². The molecule has 20 heteroatoms. The molecule has 1 aromatic heterocycles. The molecule has 0 atom stereocenters. The van der Waals surface area contributed by atoms with E-state index in [2.05, 4.69) is 10.2 Å². The number of H-pyrrole nitrogens is 1. The van der Waals surface area contributed by atoms with E-state index in [-0.39, 0.29) is 70.5 Å². The number of carboxylic acids is 2. The maximum absolute atomic E-state index is 12.9. The number of aromatic nitrogens is 2. The fourth-order valence-electron chi connectivity index (χ4n) is 3.60. The molecule has 4 rings (SSSR count). The summed E-state index contributed by atoms with van der Waals surface area (Å²) >= 11 is 0. The van der Waals surface area contributed by atoms with Crippen molar-refractivity contribution in [2.45, 2.75) is 9.79 Å². The number of hydrazone groups is 1. The standard InChI is InChI=1S/C23H16N4O12S2.2Na/c28-20-16(18(22(30)31)24-26(20)12-4-8-14(9-5-12)40(34,35)36)2-1-3-17-19(23(32)33)25-27(21(17)29)13-6-10-15(11-7-13)41(37,38)39;;/h1-11,24H,(H,30,31)(H,32,33)(H,34,35,36)(H,37,38,39);;/q;2*+1/p-2/b2-1+,17-3+;;. The third-order valence-corrected chi connectivity index (χ3v) is 7.20. The van der Waals surface area contributed by atoms with E-state index in [1.807, 2.05) is 0 Å². The van der Waals surface area contributed by atoms with Crippen molar-refractivity contribution in [3.8, 4) is 5.69 Å². The number of carboxylic acid groups (broad SMARTS) is 2. The number of hydrogen-bond acceptors (Lipinski definition) is 11. The van der Waals surface area contributed by atoms with Crippen molar-refractivity contribution < 1.29 is 110 Å². The summed E-state index contributed by atoms with van der Waals surface area (Å²) in [5.74, 6) is -4.15. The van der Waals surface area contributed by atoms with Crippen molar-refractivity contribution in [2.24, 2.45) is 5.10 Å². The van der Waals surface area contributed by atoms with E-state index >= 15 is 0 Å². The largest absolute Gasteiger partial charge is 1.00 e. The molecule has 16 nitrogen and oxygen atoms in total. The van der Waals surface area contributed by atoms with Gasteiger partial charge in [0.2, 0.25) is 0 Å². The molecular weight excluding hydrogens is 634 g/mol. The van der Waals surface area contributed by atoms with E-state index in [1.54, 1.807) is 0 Å². The summed E-state index contributed by atoms with van der Waals surface area (Å²) in [5, 5.41) is 25.7. The summed E-state index contributed by atoms with van der Waals surface area (Å²) in [6.45, 7) is 0. The molecular formula is C23H14N4Na2O12S2. The Morgan fingerprint density at radius 2 is 1.30 bits per heavy atom. The number of carbonyl (C=O) groups excluding carboxylic acids is 1. The van der Waals surface area contributed by atoms with E-state index in [9.17, 15) is 55.3 Å². The maximum Gasteiger partial charge on any atom is 1.00 e. The third kappa shape index (κ3) is 7.68. The molecule has 3 aromatic rings. The van der Waals surface area contributed by atoms with E-state index < -0.39 is 76.0 Å². The van der Waals surface area contributed by atoms with Crippen molar-refractivity contribution in [2.75, 3.05) is 5.01 Å². The normalized spacial score (nSPS) is 14.4. The minimum atomic E-state index is -4.78. The van der Waals surface area contributed by atoms with Gasteiger partial charge in [-0.15, -0.1) is 0 Å². The minimum Gasteiger partial charge on any atom is -0.744 e. The summed E-state index contributed by atoms with van der Waals surface area (Å²) < 4.78 is 67.5. The van der Waals surface area contributed by atoms with Crippen LogP contribution in [0, 0.1) is 0 Å². The molecule has 2 aromatic carbocycles. The molecule has 1 amide bonds. The average molecular weight is 648 g/mol. The monoisotopic (exact) mass is 648 g/mol. The van der Waals surface area contributed by atoms with Crippen molar-refractivity contribution in [3.63, 3.8) is 0 Å². The van der Waals surface area contributed by atoms with Crippen LogP contribution in [0.15, 0.2) is 85.9 Å². The summed E-state index contributed by atoms with van der Waals surface area (Å²) in [5.41, 5.74) is -3.23. The van der Waals surface area contributed by atoms with Gasteiger partial charge >= 0.3 is 71.1 Å². The Morgan fingerprint density at radius 1 is 0.814 bits per heavy atom. The summed E-state index contributed by atoms with van der Waals surface area (Å²) in [6.07, 6.45) is 2.96. The van der Waals surface area contributed by atoms with Crippen LogP contribution in [0.5, 0.6) is 0 Å². The summed E-state index contributed by atoms with van der Waals surface area (Å²) in [6, 6.07) is 7.94. The van der Waals surface area contributed by atoms with Gasteiger partial charge in [0, 0.05) is 0 Å². The van der Waals surface area contributed by atoms with E-state index in [0.717, 1.165) is 71.4 Å². The van der Waals surface area contributed by atoms with Crippen LogP contribution >= 0.6 is 0 Å². The number of aromatic carboxylic acids is 1. The van der Waals surface area contributed by atoms with Gasteiger partial charge in [0.25, 0.3) is 11.5 Å². The van der Waals surface area contributed by atoms with E-state index in [4.69, 9.17) is 0 Å². The van der Waals surface area contributed by atoms with Gasteiger partial charge in [-0.3, -0.25) is 14.7 Å². The molecule has 3 N–H and O–H groups in total. The first-order chi connectivity index (χ1) is 19.1. The quantitative estimate of drug-likeness (QED) is 0.117. The van der Waals surface area contributed by atoms with Gasteiger partial charge in [0.15, 0.2) is 11.4 Å². The van der Waals surface area contributed by atoms with Gasteiger partial charge in [-0.05, 0) is 60.7 Å². The Bertz CT molecular complexity index is 1980. The molecule has 2 heterocycles. The second-order valence-corrected chi connectivity index (χ2v) is 10.8. The van der Waals surface area contributed by atoms with Crippen LogP contribution in [0.3, 0.4) is 0 Å². The average Bonchev–Trinajstić information content (AvgIpc) is 3.40. The number of carbonyl (C=O) groups is 3. The number of aromatic amines is 1. The second-order valence-electron chi connectivity index (χ2n) is 8.05. The third-order valence-electron chi connectivity index (χ3n) is 5.50. The number of anilines is 1. The maximum atomic E-state index is 12.9. The van der Waals surface area contributed by atoms with Crippen molar-refractivity contribution in [1.29, 1.82) is 0 Å². The number of benzene rings is 2. The fraction of sp³-hybridized carbons (Fsp3) is 0. The van der Waals surface area contributed by atoms with Crippen LogP contribution in [0.1, 0.15) is 16.1 Å². The molecule has 43 heavy (non-hydrogen) atoms. The molecule has 0 spiro atoms. The van der Waals surface area contributed by atoms with E-state index in [1.165, 1.54) is 0 Å². The predicted octanol–water partition coefficient (Wildman–Crippen LogP) is -5.89. The Labute approximate surface area is 286 Å². The van der Waals surface area contributed by atoms with Gasteiger partial charge in [-0.2, -0.15) is 10.1 Å². The molecule has 1 aliphatic heterocycles. The van der Waals surface area contributed by atoms with Crippen LogP contribution in [0.4, 0.5) is 5.69 Å². The molecule has 0 unspecified atom stereocenters. The zero-order valence-electron chi connectivity index (χ0n) is 22.0. The number of nitrogens with zero attached hydrogens (tertiary/aromatic N) is 3. The zero-order chi connectivity index (χ0) is 30.3.